The molecule has 6 heteroatoms. The highest BCUT2D eigenvalue weighted by molar-refractivity contribution is 9.11. The highest BCUT2D eigenvalue weighted by atomic mass is 79.9. The fourth-order valence-electron chi connectivity index (χ4n) is 1.46. The van der Waals surface area contributed by atoms with Gasteiger partial charge in [0, 0.05) is 22.6 Å². The standard InChI is InChI=1S/C14H19BrN2O3/c1-10(15)9-20-13-7-11(8-16-14(2,3)4)5-6-12(13)17(18)19/h5-7,16H,1,8-9H2,2-4H3. The minimum absolute atomic E-state index is 0.0209. The van der Waals surface area contributed by atoms with Crippen LogP contribution in [0.25, 0.3) is 0 Å². The summed E-state index contributed by atoms with van der Waals surface area (Å²) in [5.41, 5.74) is 0.867. The third-order valence-corrected chi connectivity index (χ3v) is 2.66. The molecule has 110 valence electrons. The lowest BCUT2D eigenvalue weighted by atomic mass is 10.1. The van der Waals surface area contributed by atoms with Crippen LogP contribution in [0.3, 0.4) is 0 Å². The van der Waals surface area contributed by atoms with E-state index in [2.05, 4.69) is 48.6 Å². The Morgan fingerprint density at radius 3 is 2.65 bits per heavy atom. The molecule has 1 aromatic rings. The summed E-state index contributed by atoms with van der Waals surface area (Å²) in [4.78, 5) is 10.5. The van der Waals surface area contributed by atoms with E-state index in [0.29, 0.717) is 11.0 Å². The molecule has 0 amide bonds. The van der Waals surface area contributed by atoms with Gasteiger partial charge in [0.2, 0.25) is 0 Å². The maximum Gasteiger partial charge on any atom is 0.310 e. The van der Waals surface area contributed by atoms with Gasteiger partial charge in [-0.2, -0.15) is 0 Å². The van der Waals surface area contributed by atoms with E-state index >= 15 is 0 Å². The van der Waals surface area contributed by atoms with Crippen molar-refractivity contribution in [3.05, 3.63) is 44.9 Å². The summed E-state index contributed by atoms with van der Waals surface area (Å²) < 4.78 is 6.05. The van der Waals surface area contributed by atoms with Crippen molar-refractivity contribution >= 4 is 21.6 Å². The molecule has 0 saturated carbocycles. The second kappa shape index (κ2) is 6.85. The lowest BCUT2D eigenvalue weighted by molar-refractivity contribution is -0.385. The van der Waals surface area contributed by atoms with Crippen LogP contribution < -0.4 is 10.1 Å². The number of nitro benzene ring substituents is 1. The Balaban J connectivity index is 2.92. The SMILES string of the molecule is C=C(Br)COc1cc(CNC(C)(C)C)ccc1[N+](=O)[O-]. The highest BCUT2D eigenvalue weighted by Crippen LogP contribution is 2.28. The molecule has 0 aliphatic heterocycles. The van der Waals surface area contributed by atoms with Gasteiger partial charge in [-0.3, -0.25) is 10.1 Å². The molecule has 1 N–H and O–H groups in total. The summed E-state index contributed by atoms with van der Waals surface area (Å²) in [7, 11) is 0. The first-order valence-electron chi connectivity index (χ1n) is 6.17. The van der Waals surface area contributed by atoms with E-state index in [-0.39, 0.29) is 23.6 Å². The van der Waals surface area contributed by atoms with Gasteiger partial charge in [-0.15, -0.1) is 0 Å². The van der Waals surface area contributed by atoms with E-state index in [9.17, 15) is 10.1 Å². The lowest BCUT2D eigenvalue weighted by Gasteiger charge is -2.20. The molecule has 1 rings (SSSR count). The second-order valence-corrected chi connectivity index (χ2v) is 6.59. The minimum atomic E-state index is -0.451. The number of nitrogens with zero attached hydrogens (tertiary/aromatic N) is 1. The summed E-state index contributed by atoms with van der Waals surface area (Å²) in [6.45, 7) is 10.6. The molecule has 0 aliphatic rings. The molecule has 0 spiro atoms. The van der Waals surface area contributed by atoms with Crippen molar-refractivity contribution in [2.75, 3.05) is 6.61 Å². The minimum Gasteiger partial charge on any atom is -0.481 e. The van der Waals surface area contributed by atoms with Crippen molar-refractivity contribution < 1.29 is 9.66 Å². The van der Waals surface area contributed by atoms with E-state index in [1.807, 2.05) is 0 Å². The quantitative estimate of drug-likeness (QED) is 0.631. The van der Waals surface area contributed by atoms with Crippen LogP contribution in [-0.2, 0) is 6.54 Å². The van der Waals surface area contributed by atoms with Crippen molar-refractivity contribution in [1.29, 1.82) is 0 Å². The predicted molar refractivity (Wildman–Crippen MR) is 83.3 cm³/mol. The van der Waals surface area contributed by atoms with Crippen molar-refractivity contribution in [2.45, 2.75) is 32.9 Å². The van der Waals surface area contributed by atoms with E-state index in [1.54, 1.807) is 12.1 Å². The van der Waals surface area contributed by atoms with Crippen LogP contribution in [0.4, 0.5) is 5.69 Å². The average molecular weight is 343 g/mol. The van der Waals surface area contributed by atoms with Crippen molar-refractivity contribution in [2.24, 2.45) is 0 Å². The Morgan fingerprint density at radius 1 is 1.50 bits per heavy atom. The largest absolute Gasteiger partial charge is 0.481 e. The number of nitro groups is 1. The maximum absolute atomic E-state index is 11.0. The number of nitrogens with one attached hydrogen (secondary N) is 1. The molecule has 0 aliphatic carbocycles. The number of hydrogen-bond acceptors (Lipinski definition) is 4. The lowest BCUT2D eigenvalue weighted by Crippen LogP contribution is -2.35. The van der Waals surface area contributed by atoms with E-state index in [1.165, 1.54) is 6.07 Å². The van der Waals surface area contributed by atoms with Gasteiger partial charge in [0.15, 0.2) is 5.75 Å². The molecule has 0 atom stereocenters. The predicted octanol–water partition coefficient (Wildman–Crippen LogP) is 3.77. The Morgan fingerprint density at radius 2 is 2.15 bits per heavy atom. The number of benzene rings is 1. The Bertz CT molecular complexity index is 510. The fraction of sp³-hybridized carbons (Fsp3) is 0.429. The second-order valence-electron chi connectivity index (χ2n) is 5.47. The van der Waals surface area contributed by atoms with E-state index in [0.717, 1.165) is 5.56 Å². The number of halogens is 1. The topological polar surface area (TPSA) is 64.4 Å². The first-order chi connectivity index (χ1) is 9.19. The summed E-state index contributed by atoms with van der Waals surface area (Å²) in [6, 6.07) is 4.88. The zero-order valence-corrected chi connectivity index (χ0v) is 13.5. The first kappa shape index (κ1) is 16.7. The Kier molecular flexibility index (Phi) is 5.71. The molecule has 5 nitrogen and oxygen atoms in total. The van der Waals surface area contributed by atoms with Crippen LogP contribution in [0.2, 0.25) is 0 Å². The summed E-state index contributed by atoms with van der Waals surface area (Å²) >= 11 is 3.17. The molecular formula is C14H19BrN2O3. The zero-order chi connectivity index (χ0) is 15.3. The number of hydrogen-bond donors (Lipinski definition) is 1. The van der Waals surface area contributed by atoms with Crippen molar-refractivity contribution in [3.8, 4) is 5.75 Å². The van der Waals surface area contributed by atoms with Crippen LogP contribution in [-0.4, -0.2) is 17.1 Å². The molecule has 0 aromatic heterocycles. The van der Waals surface area contributed by atoms with Gasteiger partial charge in [-0.25, -0.2) is 0 Å². The van der Waals surface area contributed by atoms with Crippen molar-refractivity contribution in [3.63, 3.8) is 0 Å². The van der Waals surface area contributed by atoms with Crippen LogP contribution in [0.5, 0.6) is 5.75 Å². The Hall–Kier alpha value is -1.40. The van der Waals surface area contributed by atoms with Gasteiger partial charge < -0.3 is 10.1 Å². The van der Waals surface area contributed by atoms with Gasteiger partial charge in [0.1, 0.15) is 6.61 Å². The first-order valence-corrected chi connectivity index (χ1v) is 6.97. The van der Waals surface area contributed by atoms with Crippen molar-refractivity contribution in [1.82, 2.24) is 5.32 Å². The summed E-state index contributed by atoms with van der Waals surface area (Å²) in [6.07, 6.45) is 0. The highest BCUT2D eigenvalue weighted by Gasteiger charge is 2.16. The summed E-state index contributed by atoms with van der Waals surface area (Å²) in [5, 5.41) is 14.3. The molecule has 0 unspecified atom stereocenters. The third-order valence-electron chi connectivity index (χ3n) is 2.43. The molecule has 0 saturated heterocycles. The van der Waals surface area contributed by atoms with Gasteiger partial charge in [-0.05, 0) is 32.4 Å². The molecule has 0 fully saturated rings. The van der Waals surface area contributed by atoms with Gasteiger partial charge in [0.05, 0.1) is 4.92 Å². The van der Waals surface area contributed by atoms with Crippen LogP contribution >= 0.6 is 15.9 Å². The molecule has 20 heavy (non-hydrogen) atoms. The van der Waals surface area contributed by atoms with Gasteiger partial charge in [0.25, 0.3) is 0 Å². The fourth-order valence-corrected chi connectivity index (χ4v) is 1.57. The van der Waals surface area contributed by atoms with Crippen LogP contribution in [0, 0.1) is 10.1 Å². The van der Waals surface area contributed by atoms with Gasteiger partial charge in [-0.1, -0.05) is 28.6 Å². The van der Waals surface area contributed by atoms with E-state index < -0.39 is 4.92 Å². The normalized spacial score (nSPS) is 11.2. The monoisotopic (exact) mass is 342 g/mol. The van der Waals surface area contributed by atoms with Gasteiger partial charge >= 0.3 is 5.69 Å². The Labute approximate surface area is 127 Å². The smallest absolute Gasteiger partial charge is 0.310 e. The molecule has 0 heterocycles. The zero-order valence-electron chi connectivity index (χ0n) is 11.9. The summed E-state index contributed by atoms with van der Waals surface area (Å²) in [5.74, 6) is 0.254. The average Bonchev–Trinajstić information content (AvgIpc) is 2.32. The number of rotatable bonds is 6. The molecule has 0 bridgehead atoms. The van der Waals surface area contributed by atoms with Crippen LogP contribution in [0.15, 0.2) is 29.3 Å². The number of ether oxygens (including phenoxy) is 1. The molecule has 0 radical (unpaired) electrons. The molecular weight excluding hydrogens is 324 g/mol. The molecule has 1 aromatic carbocycles. The maximum atomic E-state index is 11.0. The third kappa shape index (κ3) is 5.71. The van der Waals surface area contributed by atoms with E-state index in [4.69, 9.17) is 4.74 Å². The van der Waals surface area contributed by atoms with Crippen LogP contribution in [0.1, 0.15) is 26.3 Å².